The number of carboxylic acid groups (broad SMARTS) is 1. The molecule has 0 aliphatic heterocycles. The zero-order valence-electron chi connectivity index (χ0n) is 18.4. The highest BCUT2D eigenvalue weighted by molar-refractivity contribution is 6.33. The van der Waals surface area contributed by atoms with Crippen molar-refractivity contribution in [2.45, 2.75) is 66.2 Å². The maximum Gasteiger partial charge on any atom is 0.337 e. The number of carboxylic acids is 1. The lowest BCUT2D eigenvalue weighted by Gasteiger charge is -2.34. The summed E-state index contributed by atoms with van der Waals surface area (Å²) in [5, 5.41) is 9.56. The van der Waals surface area contributed by atoms with Crippen molar-refractivity contribution in [2.24, 2.45) is 5.41 Å². The number of carbonyl (C=O) groups is 1. The van der Waals surface area contributed by atoms with Crippen molar-refractivity contribution < 1.29 is 14.6 Å². The second-order valence-electron chi connectivity index (χ2n) is 8.93. The third kappa shape index (κ3) is 5.33. The van der Waals surface area contributed by atoms with Crippen LogP contribution in [0, 0.1) is 12.3 Å². The van der Waals surface area contributed by atoms with Gasteiger partial charge in [-0.25, -0.2) is 4.79 Å². The van der Waals surface area contributed by atoms with E-state index in [-0.39, 0.29) is 21.4 Å². The van der Waals surface area contributed by atoms with Crippen LogP contribution in [0.4, 0.5) is 0 Å². The molecule has 0 aliphatic carbocycles. The van der Waals surface area contributed by atoms with Crippen molar-refractivity contribution in [3.05, 3.63) is 63.7 Å². The van der Waals surface area contributed by atoms with Gasteiger partial charge in [-0.1, -0.05) is 64.4 Å². The summed E-state index contributed by atoms with van der Waals surface area (Å²) < 4.78 is 6.03. The Hall–Kier alpha value is -2.00. The summed E-state index contributed by atoms with van der Waals surface area (Å²) in [4.78, 5) is 11.3. The van der Waals surface area contributed by atoms with Crippen molar-refractivity contribution in [3.8, 4) is 5.75 Å². The van der Waals surface area contributed by atoms with Crippen LogP contribution >= 0.6 is 11.6 Å². The topological polar surface area (TPSA) is 46.5 Å². The molecule has 0 fully saturated rings. The first-order valence-electron chi connectivity index (χ1n) is 10.3. The average Bonchev–Trinajstić information content (AvgIpc) is 2.63. The highest BCUT2D eigenvalue weighted by Gasteiger charge is 2.32. The maximum atomic E-state index is 11.3. The van der Waals surface area contributed by atoms with E-state index >= 15 is 0 Å². The molecule has 0 unspecified atom stereocenters. The minimum Gasteiger partial charge on any atom is -0.493 e. The lowest BCUT2D eigenvalue weighted by atomic mass is 9.70. The van der Waals surface area contributed by atoms with Crippen molar-refractivity contribution in [1.82, 2.24) is 0 Å². The molecule has 0 saturated heterocycles. The Morgan fingerprint density at radius 1 is 1.03 bits per heavy atom. The molecule has 158 valence electrons. The van der Waals surface area contributed by atoms with Crippen LogP contribution < -0.4 is 4.74 Å². The number of rotatable bonds is 8. The van der Waals surface area contributed by atoms with Crippen molar-refractivity contribution in [1.29, 1.82) is 0 Å². The van der Waals surface area contributed by atoms with Crippen molar-refractivity contribution >= 4 is 17.6 Å². The highest BCUT2D eigenvalue weighted by Crippen LogP contribution is 2.41. The molecule has 2 aromatic rings. The predicted molar refractivity (Wildman–Crippen MR) is 121 cm³/mol. The Morgan fingerprint density at radius 2 is 1.62 bits per heavy atom. The normalized spacial score (nSPS) is 12.1. The predicted octanol–water partition coefficient (Wildman–Crippen LogP) is 7.27. The monoisotopic (exact) mass is 416 g/mol. The van der Waals surface area contributed by atoms with Gasteiger partial charge in [0.1, 0.15) is 5.75 Å². The van der Waals surface area contributed by atoms with Gasteiger partial charge >= 0.3 is 5.97 Å². The molecule has 0 aliphatic rings. The summed E-state index contributed by atoms with van der Waals surface area (Å²) in [6.45, 7) is 13.7. The summed E-state index contributed by atoms with van der Waals surface area (Å²) in [7, 11) is 0. The zero-order valence-corrected chi connectivity index (χ0v) is 19.2. The first-order valence-corrected chi connectivity index (χ1v) is 10.7. The number of aryl methyl sites for hydroxylation is 1. The number of ether oxygens (including phenoxy) is 1. The summed E-state index contributed by atoms with van der Waals surface area (Å²) in [6.07, 6.45) is 2.77. The van der Waals surface area contributed by atoms with E-state index in [9.17, 15) is 9.90 Å². The second-order valence-corrected chi connectivity index (χ2v) is 9.34. The summed E-state index contributed by atoms with van der Waals surface area (Å²) in [5.74, 6) is -0.0916. The maximum absolute atomic E-state index is 11.3. The van der Waals surface area contributed by atoms with E-state index in [0.717, 1.165) is 36.1 Å². The van der Waals surface area contributed by atoms with E-state index in [1.54, 1.807) is 12.1 Å². The third-order valence-corrected chi connectivity index (χ3v) is 6.11. The lowest BCUT2D eigenvalue weighted by molar-refractivity contribution is 0.0697. The fraction of sp³-hybridized carbons (Fsp3) is 0.480. The first-order chi connectivity index (χ1) is 13.5. The first kappa shape index (κ1) is 23.3. The van der Waals surface area contributed by atoms with Crippen LogP contribution in [0.2, 0.25) is 5.02 Å². The van der Waals surface area contributed by atoms with Crippen LogP contribution in [0.15, 0.2) is 36.4 Å². The van der Waals surface area contributed by atoms with Crippen LogP contribution in [-0.2, 0) is 5.41 Å². The van der Waals surface area contributed by atoms with E-state index in [1.165, 1.54) is 5.56 Å². The summed E-state index contributed by atoms with van der Waals surface area (Å²) in [6, 6.07) is 11.7. The molecule has 0 spiro atoms. The van der Waals surface area contributed by atoms with Gasteiger partial charge in [-0.2, -0.15) is 0 Å². The molecule has 2 rings (SSSR count). The third-order valence-electron chi connectivity index (χ3n) is 5.80. The second kappa shape index (κ2) is 9.21. The van der Waals surface area contributed by atoms with Gasteiger partial charge in [-0.15, -0.1) is 0 Å². The molecule has 29 heavy (non-hydrogen) atoms. The Balaban J connectivity index is 2.38. The van der Waals surface area contributed by atoms with Gasteiger partial charge in [-0.3, -0.25) is 0 Å². The van der Waals surface area contributed by atoms with Gasteiger partial charge in [0, 0.05) is 5.41 Å². The zero-order chi connectivity index (χ0) is 21.8. The van der Waals surface area contributed by atoms with Gasteiger partial charge in [0.15, 0.2) is 0 Å². The fourth-order valence-electron chi connectivity index (χ4n) is 3.80. The van der Waals surface area contributed by atoms with E-state index in [4.69, 9.17) is 16.3 Å². The quantitative estimate of drug-likeness (QED) is 0.492. The summed E-state index contributed by atoms with van der Waals surface area (Å²) >= 11 is 6.28. The van der Waals surface area contributed by atoms with E-state index in [2.05, 4.69) is 59.7 Å². The molecule has 1 N–H and O–H groups in total. The molecule has 2 aromatic carbocycles. The van der Waals surface area contributed by atoms with Crippen LogP contribution in [0.25, 0.3) is 0 Å². The fourth-order valence-corrected chi connectivity index (χ4v) is 4.06. The van der Waals surface area contributed by atoms with E-state index in [1.807, 2.05) is 6.07 Å². The molecule has 0 saturated carbocycles. The molecule has 0 aromatic heterocycles. The highest BCUT2D eigenvalue weighted by atomic mass is 35.5. The average molecular weight is 417 g/mol. The minimum atomic E-state index is -1.01. The standard InChI is InChI=1S/C25H33ClO3/c1-7-25(8-2,19-9-11-20(23(27)28)21(26)16-19)18-10-12-22(17(3)15-18)29-14-13-24(4,5)6/h9-12,15-16H,7-8,13-14H2,1-6H3,(H,27,28). The lowest BCUT2D eigenvalue weighted by Crippen LogP contribution is -2.26. The molecular formula is C25H33ClO3. The van der Waals surface area contributed by atoms with Gasteiger partial charge in [-0.05, 0) is 66.5 Å². The van der Waals surface area contributed by atoms with Crippen LogP contribution in [0.1, 0.15) is 80.9 Å². The number of halogens is 1. The molecule has 0 amide bonds. The Morgan fingerprint density at radius 3 is 2.10 bits per heavy atom. The Bertz CT molecular complexity index is 861. The van der Waals surface area contributed by atoms with Crippen molar-refractivity contribution in [3.63, 3.8) is 0 Å². The van der Waals surface area contributed by atoms with Crippen LogP contribution in [0.5, 0.6) is 5.75 Å². The van der Waals surface area contributed by atoms with Gasteiger partial charge in [0.2, 0.25) is 0 Å². The Kier molecular flexibility index (Phi) is 7.40. The summed E-state index contributed by atoms with van der Waals surface area (Å²) in [5.41, 5.74) is 3.50. The number of benzene rings is 2. The van der Waals surface area contributed by atoms with Crippen molar-refractivity contribution in [2.75, 3.05) is 6.61 Å². The molecule has 0 atom stereocenters. The van der Waals surface area contributed by atoms with Crippen LogP contribution in [0.3, 0.4) is 0 Å². The largest absolute Gasteiger partial charge is 0.493 e. The Labute approximate surface area is 180 Å². The molecule has 3 nitrogen and oxygen atoms in total. The van der Waals surface area contributed by atoms with E-state index in [0.29, 0.717) is 6.61 Å². The SMILES string of the molecule is CCC(CC)(c1ccc(OCCC(C)(C)C)c(C)c1)c1ccc(C(=O)O)c(Cl)c1. The van der Waals surface area contributed by atoms with Gasteiger partial charge in [0.25, 0.3) is 0 Å². The number of hydrogen-bond acceptors (Lipinski definition) is 2. The van der Waals surface area contributed by atoms with Gasteiger partial charge < -0.3 is 9.84 Å². The smallest absolute Gasteiger partial charge is 0.337 e. The molecule has 0 radical (unpaired) electrons. The van der Waals surface area contributed by atoms with Crippen LogP contribution in [-0.4, -0.2) is 17.7 Å². The number of aromatic carboxylic acids is 1. The molecule has 0 heterocycles. The van der Waals surface area contributed by atoms with Gasteiger partial charge in [0.05, 0.1) is 17.2 Å². The minimum absolute atomic E-state index is 0.135. The van der Waals surface area contributed by atoms with E-state index < -0.39 is 5.97 Å². The molecular weight excluding hydrogens is 384 g/mol. The molecule has 0 bridgehead atoms. The molecule has 4 heteroatoms. The number of hydrogen-bond donors (Lipinski definition) is 1.